The third kappa shape index (κ3) is 3.85. The van der Waals surface area contributed by atoms with Crippen molar-refractivity contribution in [3.05, 3.63) is 24.3 Å². The lowest BCUT2D eigenvalue weighted by atomic mass is 9.90. The van der Waals surface area contributed by atoms with Gasteiger partial charge in [-0.2, -0.15) is 0 Å². The minimum Gasteiger partial charge on any atom is -0.330 e. The lowest BCUT2D eigenvalue weighted by Gasteiger charge is -2.26. The van der Waals surface area contributed by atoms with E-state index in [9.17, 15) is 9.59 Å². The van der Waals surface area contributed by atoms with E-state index in [1.54, 1.807) is 4.90 Å². The summed E-state index contributed by atoms with van der Waals surface area (Å²) in [5.74, 6) is 0.161. The van der Waals surface area contributed by atoms with E-state index in [2.05, 4.69) is 17.1 Å². The van der Waals surface area contributed by atoms with Gasteiger partial charge >= 0.3 is 0 Å². The molecule has 2 amide bonds. The number of anilines is 2. The van der Waals surface area contributed by atoms with Crippen LogP contribution in [0.25, 0.3) is 0 Å². The second kappa shape index (κ2) is 7.14. The molecule has 6 nitrogen and oxygen atoms in total. The maximum atomic E-state index is 12.5. The molecule has 1 aromatic carbocycles. The van der Waals surface area contributed by atoms with Crippen molar-refractivity contribution >= 4 is 23.2 Å². The monoisotopic (exact) mass is 344 g/mol. The van der Waals surface area contributed by atoms with Crippen molar-refractivity contribution in [3.63, 3.8) is 0 Å². The standard InChI is InChI=1S/C19H28N4O2/c1-14(22-11-9-19(2,12-20)13-22)18(25)21-15-5-7-16(8-6-15)23-10-3-4-17(23)24/h5-8,14H,3-4,9-13,20H2,1-2H3,(H,21,25). The van der Waals surface area contributed by atoms with E-state index in [1.807, 2.05) is 31.2 Å². The fourth-order valence-electron chi connectivity index (χ4n) is 3.62. The number of hydrogen-bond donors (Lipinski definition) is 2. The van der Waals surface area contributed by atoms with Crippen LogP contribution >= 0.6 is 0 Å². The molecule has 3 N–H and O–H groups in total. The maximum Gasteiger partial charge on any atom is 0.241 e. The molecule has 1 aromatic rings. The molecule has 2 aliphatic rings. The third-order valence-electron chi connectivity index (χ3n) is 5.53. The summed E-state index contributed by atoms with van der Waals surface area (Å²) in [6.07, 6.45) is 2.56. The van der Waals surface area contributed by atoms with Gasteiger partial charge < -0.3 is 16.0 Å². The highest BCUT2D eigenvalue weighted by Gasteiger charge is 2.36. The summed E-state index contributed by atoms with van der Waals surface area (Å²) in [5.41, 5.74) is 7.61. The van der Waals surface area contributed by atoms with Gasteiger partial charge in [0.2, 0.25) is 11.8 Å². The number of nitrogens with one attached hydrogen (secondary N) is 1. The Labute approximate surface area is 149 Å². The van der Waals surface area contributed by atoms with Gasteiger partial charge in [0, 0.05) is 30.9 Å². The van der Waals surface area contributed by atoms with Crippen LogP contribution < -0.4 is 16.0 Å². The van der Waals surface area contributed by atoms with Crippen molar-refractivity contribution in [1.82, 2.24) is 4.90 Å². The molecule has 2 heterocycles. The molecule has 2 unspecified atom stereocenters. The van der Waals surface area contributed by atoms with Gasteiger partial charge in [-0.1, -0.05) is 6.92 Å². The Morgan fingerprint density at radius 3 is 2.60 bits per heavy atom. The van der Waals surface area contributed by atoms with E-state index in [4.69, 9.17) is 5.73 Å². The Balaban J connectivity index is 1.58. The maximum absolute atomic E-state index is 12.5. The number of rotatable bonds is 5. The van der Waals surface area contributed by atoms with Crippen molar-refractivity contribution in [2.24, 2.45) is 11.1 Å². The minimum atomic E-state index is -0.187. The van der Waals surface area contributed by atoms with Crippen molar-refractivity contribution in [2.75, 3.05) is 36.4 Å². The Bertz CT molecular complexity index is 645. The summed E-state index contributed by atoms with van der Waals surface area (Å²) in [7, 11) is 0. The second-order valence-corrected chi connectivity index (χ2v) is 7.60. The summed E-state index contributed by atoms with van der Waals surface area (Å²) in [6.45, 7) is 7.29. The molecule has 3 rings (SSSR count). The largest absolute Gasteiger partial charge is 0.330 e. The first kappa shape index (κ1) is 17.9. The number of carbonyl (C=O) groups is 2. The van der Waals surface area contributed by atoms with Gasteiger partial charge in [-0.15, -0.1) is 0 Å². The average molecular weight is 344 g/mol. The van der Waals surface area contributed by atoms with E-state index >= 15 is 0 Å². The first-order valence-electron chi connectivity index (χ1n) is 9.07. The summed E-state index contributed by atoms with van der Waals surface area (Å²) >= 11 is 0. The zero-order valence-corrected chi connectivity index (χ0v) is 15.1. The second-order valence-electron chi connectivity index (χ2n) is 7.60. The normalized spacial score (nSPS) is 25.4. The van der Waals surface area contributed by atoms with Crippen molar-refractivity contribution < 1.29 is 9.59 Å². The number of benzene rings is 1. The average Bonchev–Trinajstić information content (AvgIpc) is 3.21. The molecule has 2 atom stereocenters. The Hall–Kier alpha value is -1.92. The minimum absolute atomic E-state index is 0.00808. The van der Waals surface area contributed by atoms with Crippen molar-refractivity contribution in [1.29, 1.82) is 0 Å². The summed E-state index contributed by atoms with van der Waals surface area (Å²) < 4.78 is 0. The number of nitrogens with zero attached hydrogens (tertiary/aromatic N) is 2. The van der Waals surface area contributed by atoms with E-state index in [0.29, 0.717) is 13.0 Å². The molecule has 0 spiro atoms. The lowest BCUT2D eigenvalue weighted by Crippen LogP contribution is -2.42. The zero-order chi connectivity index (χ0) is 18.0. The van der Waals surface area contributed by atoms with Crippen LogP contribution in [0.15, 0.2) is 24.3 Å². The number of carbonyl (C=O) groups excluding carboxylic acids is 2. The van der Waals surface area contributed by atoms with Crippen molar-refractivity contribution in [3.8, 4) is 0 Å². The number of hydrogen-bond acceptors (Lipinski definition) is 4. The van der Waals surface area contributed by atoms with Crippen LogP contribution in [0.3, 0.4) is 0 Å². The lowest BCUT2D eigenvalue weighted by molar-refractivity contribution is -0.120. The SMILES string of the molecule is CC(C(=O)Nc1ccc(N2CCCC2=O)cc1)N1CCC(C)(CN)C1. The molecular weight excluding hydrogens is 316 g/mol. The molecule has 2 aliphatic heterocycles. The topological polar surface area (TPSA) is 78.7 Å². The molecule has 2 fully saturated rings. The van der Waals surface area contributed by atoms with Gasteiger partial charge in [-0.25, -0.2) is 0 Å². The highest BCUT2D eigenvalue weighted by atomic mass is 16.2. The molecule has 0 aromatic heterocycles. The number of amides is 2. The smallest absolute Gasteiger partial charge is 0.241 e. The Kier molecular flexibility index (Phi) is 5.11. The predicted molar refractivity (Wildman–Crippen MR) is 99.5 cm³/mol. The van der Waals surface area contributed by atoms with Crippen LogP contribution in [-0.4, -0.2) is 48.9 Å². The predicted octanol–water partition coefficient (Wildman–Crippen LogP) is 1.81. The molecule has 25 heavy (non-hydrogen) atoms. The van der Waals surface area contributed by atoms with E-state index in [0.717, 1.165) is 43.9 Å². The highest BCUT2D eigenvalue weighted by Crippen LogP contribution is 2.30. The first-order chi connectivity index (χ1) is 11.9. The van der Waals surface area contributed by atoms with Crippen LogP contribution in [0.2, 0.25) is 0 Å². The van der Waals surface area contributed by atoms with E-state index in [1.165, 1.54) is 0 Å². The van der Waals surface area contributed by atoms with Crippen LogP contribution in [0.4, 0.5) is 11.4 Å². The highest BCUT2D eigenvalue weighted by molar-refractivity contribution is 5.97. The zero-order valence-electron chi connectivity index (χ0n) is 15.1. The van der Waals surface area contributed by atoms with Crippen molar-refractivity contribution in [2.45, 2.75) is 39.2 Å². The summed E-state index contributed by atoms with van der Waals surface area (Å²) in [4.78, 5) is 28.3. The fourth-order valence-corrected chi connectivity index (χ4v) is 3.62. The first-order valence-corrected chi connectivity index (χ1v) is 9.07. The molecular formula is C19H28N4O2. The van der Waals surface area contributed by atoms with Crippen LogP contribution in [0.5, 0.6) is 0 Å². The van der Waals surface area contributed by atoms with E-state index in [-0.39, 0.29) is 23.3 Å². The molecule has 0 aliphatic carbocycles. The quantitative estimate of drug-likeness (QED) is 0.854. The van der Waals surface area contributed by atoms with E-state index < -0.39 is 0 Å². The number of nitrogens with two attached hydrogens (primary N) is 1. The molecule has 2 saturated heterocycles. The van der Waals surface area contributed by atoms with Gasteiger partial charge in [-0.3, -0.25) is 14.5 Å². The van der Waals surface area contributed by atoms with Gasteiger partial charge in [0.1, 0.15) is 0 Å². The molecule has 6 heteroatoms. The molecule has 0 saturated carbocycles. The molecule has 0 radical (unpaired) electrons. The Morgan fingerprint density at radius 2 is 2.04 bits per heavy atom. The van der Waals surface area contributed by atoms with Crippen LogP contribution in [0, 0.1) is 5.41 Å². The molecule has 136 valence electrons. The van der Waals surface area contributed by atoms with Gasteiger partial charge in [-0.05, 0) is 62.5 Å². The van der Waals surface area contributed by atoms with Gasteiger partial charge in [0.05, 0.1) is 6.04 Å². The van der Waals surface area contributed by atoms with Crippen LogP contribution in [0.1, 0.15) is 33.1 Å². The molecule has 0 bridgehead atoms. The third-order valence-corrected chi connectivity index (χ3v) is 5.53. The fraction of sp³-hybridized carbons (Fsp3) is 0.579. The summed E-state index contributed by atoms with van der Waals surface area (Å²) in [5, 5.41) is 2.98. The van der Waals surface area contributed by atoms with Crippen LogP contribution in [-0.2, 0) is 9.59 Å². The Morgan fingerprint density at radius 1 is 1.32 bits per heavy atom. The summed E-state index contributed by atoms with van der Waals surface area (Å²) in [6, 6.07) is 7.32. The van der Waals surface area contributed by atoms with Gasteiger partial charge in [0.15, 0.2) is 0 Å². The number of likely N-dealkylation sites (tertiary alicyclic amines) is 1. The van der Waals surface area contributed by atoms with Gasteiger partial charge in [0.25, 0.3) is 0 Å².